The van der Waals surface area contributed by atoms with Gasteiger partial charge >= 0.3 is 0 Å². The first kappa shape index (κ1) is 15.3. The van der Waals surface area contributed by atoms with Crippen LogP contribution < -0.4 is 5.32 Å². The summed E-state index contributed by atoms with van der Waals surface area (Å²) in [6.07, 6.45) is -2.91. The lowest BCUT2D eigenvalue weighted by atomic mass is 10.0. The molecular weight excluding hydrogens is 260 g/mol. The lowest BCUT2D eigenvalue weighted by molar-refractivity contribution is -0.119. The first-order valence-electron chi connectivity index (χ1n) is 5.61. The SMILES string of the molecule is CC(=O)NCCC(O)C(O)c1cc(F)c(F)cc1O. The number of halogens is 2. The Morgan fingerprint density at radius 1 is 1.32 bits per heavy atom. The van der Waals surface area contributed by atoms with E-state index in [1.165, 1.54) is 6.92 Å². The highest BCUT2D eigenvalue weighted by Gasteiger charge is 2.23. The number of phenolic OH excluding ortho intramolecular Hbond substituents is 1. The van der Waals surface area contributed by atoms with Crippen LogP contribution in [0.4, 0.5) is 8.78 Å². The molecule has 2 unspecified atom stereocenters. The van der Waals surface area contributed by atoms with E-state index in [0.29, 0.717) is 12.1 Å². The third kappa shape index (κ3) is 4.15. The van der Waals surface area contributed by atoms with Gasteiger partial charge in [0.2, 0.25) is 5.91 Å². The number of aromatic hydroxyl groups is 1. The molecule has 1 rings (SSSR count). The zero-order valence-electron chi connectivity index (χ0n) is 10.2. The molecule has 1 amide bonds. The van der Waals surface area contributed by atoms with E-state index >= 15 is 0 Å². The molecule has 106 valence electrons. The summed E-state index contributed by atoms with van der Waals surface area (Å²) in [6, 6.07) is 1.14. The fourth-order valence-corrected chi connectivity index (χ4v) is 1.55. The second kappa shape index (κ2) is 6.44. The molecule has 4 N–H and O–H groups in total. The van der Waals surface area contributed by atoms with Crippen LogP contribution in [-0.2, 0) is 4.79 Å². The molecule has 1 aromatic rings. The van der Waals surface area contributed by atoms with Crippen LogP contribution in [-0.4, -0.2) is 33.9 Å². The van der Waals surface area contributed by atoms with Gasteiger partial charge in [0, 0.05) is 25.1 Å². The van der Waals surface area contributed by atoms with Crippen LogP contribution in [0.1, 0.15) is 25.0 Å². The van der Waals surface area contributed by atoms with E-state index in [9.17, 15) is 28.9 Å². The van der Waals surface area contributed by atoms with Crippen LogP contribution in [0, 0.1) is 11.6 Å². The minimum Gasteiger partial charge on any atom is -0.507 e. The van der Waals surface area contributed by atoms with E-state index in [4.69, 9.17) is 0 Å². The minimum absolute atomic E-state index is 0.000811. The van der Waals surface area contributed by atoms with Gasteiger partial charge in [-0.05, 0) is 12.5 Å². The summed E-state index contributed by atoms with van der Waals surface area (Å²) in [6.45, 7) is 1.40. The largest absolute Gasteiger partial charge is 0.507 e. The maximum atomic E-state index is 13.0. The Kier molecular flexibility index (Phi) is 5.20. The van der Waals surface area contributed by atoms with E-state index in [2.05, 4.69) is 5.32 Å². The van der Waals surface area contributed by atoms with Crippen LogP contribution >= 0.6 is 0 Å². The van der Waals surface area contributed by atoms with Crippen molar-refractivity contribution in [2.24, 2.45) is 0 Å². The fraction of sp³-hybridized carbons (Fsp3) is 0.417. The van der Waals surface area contributed by atoms with Gasteiger partial charge in [-0.25, -0.2) is 8.78 Å². The average molecular weight is 275 g/mol. The van der Waals surface area contributed by atoms with Crippen molar-refractivity contribution in [2.75, 3.05) is 6.54 Å². The highest BCUT2D eigenvalue weighted by atomic mass is 19.2. The molecule has 2 atom stereocenters. The fourth-order valence-electron chi connectivity index (χ4n) is 1.55. The molecule has 7 heteroatoms. The molecule has 0 bridgehead atoms. The van der Waals surface area contributed by atoms with Gasteiger partial charge in [-0.15, -0.1) is 0 Å². The third-order valence-corrected chi connectivity index (χ3v) is 2.57. The summed E-state index contributed by atoms with van der Waals surface area (Å²) in [7, 11) is 0. The van der Waals surface area contributed by atoms with Crippen molar-refractivity contribution < 1.29 is 28.9 Å². The number of rotatable bonds is 5. The van der Waals surface area contributed by atoms with Crippen LogP contribution in [0.15, 0.2) is 12.1 Å². The van der Waals surface area contributed by atoms with E-state index in [0.717, 1.165) is 0 Å². The Hall–Kier alpha value is -1.73. The maximum absolute atomic E-state index is 13.0. The number of aliphatic hydroxyl groups excluding tert-OH is 2. The normalized spacial score (nSPS) is 13.9. The summed E-state index contributed by atoms with van der Waals surface area (Å²) in [4.78, 5) is 10.6. The number of hydrogen-bond donors (Lipinski definition) is 4. The Labute approximate surface area is 108 Å². The first-order chi connectivity index (χ1) is 8.82. The number of carbonyl (C=O) groups excluding carboxylic acids is 1. The minimum atomic E-state index is -1.58. The molecule has 0 saturated carbocycles. The molecule has 5 nitrogen and oxygen atoms in total. The molecule has 0 aliphatic heterocycles. The van der Waals surface area contributed by atoms with Crippen molar-refractivity contribution >= 4 is 5.91 Å². The summed E-state index contributed by atoms with van der Waals surface area (Å²) >= 11 is 0. The van der Waals surface area contributed by atoms with Gasteiger partial charge in [0.25, 0.3) is 0 Å². The zero-order valence-corrected chi connectivity index (χ0v) is 10.2. The number of nitrogens with one attached hydrogen (secondary N) is 1. The number of amides is 1. The van der Waals surface area contributed by atoms with Gasteiger partial charge in [-0.2, -0.15) is 0 Å². The molecule has 19 heavy (non-hydrogen) atoms. The number of benzene rings is 1. The number of hydrogen-bond acceptors (Lipinski definition) is 4. The van der Waals surface area contributed by atoms with Gasteiger partial charge in [-0.3, -0.25) is 4.79 Å². The Bertz CT molecular complexity index is 467. The number of carbonyl (C=O) groups is 1. The molecule has 1 aromatic carbocycles. The molecule has 0 aliphatic rings. The molecule has 0 saturated heterocycles. The van der Waals surface area contributed by atoms with Crippen LogP contribution in [0.5, 0.6) is 5.75 Å². The first-order valence-corrected chi connectivity index (χ1v) is 5.61. The quantitative estimate of drug-likeness (QED) is 0.633. The highest BCUT2D eigenvalue weighted by Crippen LogP contribution is 2.29. The van der Waals surface area contributed by atoms with Crippen molar-refractivity contribution in [2.45, 2.75) is 25.6 Å². The lowest BCUT2D eigenvalue weighted by Gasteiger charge is -2.19. The van der Waals surface area contributed by atoms with Crippen LogP contribution in [0.25, 0.3) is 0 Å². The van der Waals surface area contributed by atoms with Crippen molar-refractivity contribution in [3.63, 3.8) is 0 Å². The van der Waals surface area contributed by atoms with Gasteiger partial charge in [0.05, 0.1) is 6.10 Å². The lowest BCUT2D eigenvalue weighted by Crippen LogP contribution is -2.27. The average Bonchev–Trinajstić information content (AvgIpc) is 2.32. The molecule has 0 fully saturated rings. The van der Waals surface area contributed by atoms with E-state index < -0.39 is 29.6 Å². The summed E-state index contributed by atoms with van der Waals surface area (Å²) in [5.74, 6) is -3.43. The maximum Gasteiger partial charge on any atom is 0.216 e. The topological polar surface area (TPSA) is 89.8 Å². The predicted molar refractivity (Wildman–Crippen MR) is 62.3 cm³/mol. The van der Waals surface area contributed by atoms with Crippen molar-refractivity contribution in [1.82, 2.24) is 5.32 Å². The van der Waals surface area contributed by atoms with E-state index in [1.54, 1.807) is 0 Å². The Balaban J connectivity index is 2.73. The zero-order chi connectivity index (χ0) is 14.6. The predicted octanol–water partition coefficient (Wildman–Crippen LogP) is 0.591. The van der Waals surface area contributed by atoms with E-state index in [1.807, 2.05) is 0 Å². The monoisotopic (exact) mass is 275 g/mol. The highest BCUT2D eigenvalue weighted by molar-refractivity contribution is 5.72. The van der Waals surface area contributed by atoms with Gasteiger partial charge in [0.15, 0.2) is 11.6 Å². The van der Waals surface area contributed by atoms with Gasteiger partial charge < -0.3 is 20.6 Å². The van der Waals surface area contributed by atoms with Crippen molar-refractivity contribution in [1.29, 1.82) is 0 Å². The smallest absolute Gasteiger partial charge is 0.216 e. The Morgan fingerprint density at radius 2 is 1.89 bits per heavy atom. The Morgan fingerprint density at radius 3 is 2.47 bits per heavy atom. The van der Waals surface area contributed by atoms with Crippen LogP contribution in [0.2, 0.25) is 0 Å². The standard InChI is InChI=1S/C12H15F2NO4/c1-6(16)15-3-2-10(17)12(19)7-4-8(13)9(14)5-11(7)18/h4-5,10,12,17-19H,2-3H2,1H3,(H,15,16). The second-order valence-electron chi connectivity index (χ2n) is 4.11. The van der Waals surface area contributed by atoms with Gasteiger partial charge in [0.1, 0.15) is 11.9 Å². The third-order valence-electron chi connectivity index (χ3n) is 2.57. The molecule has 0 aromatic heterocycles. The summed E-state index contributed by atoms with van der Waals surface area (Å²) in [5, 5.41) is 31.2. The number of aliphatic hydroxyl groups is 2. The number of phenols is 1. The van der Waals surface area contributed by atoms with Crippen molar-refractivity contribution in [3.05, 3.63) is 29.3 Å². The second-order valence-corrected chi connectivity index (χ2v) is 4.11. The van der Waals surface area contributed by atoms with Gasteiger partial charge in [-0.1, -0.05) is 0 Å². The molecule has 0 spiro atoms. The molecule has 0 radical (unpaired) electrons. The molecule has 0 heterocycles. The summed E-state index contributed by atoms with van der Waals surface area (Å²) < 4.78 is 25.8. The van der Waals surface area contributed by atoms with E-state index in [-0.39, 0.29) is 24.4 Å². The van der Waals surface area contributed by atoms with Crippen LogP contribution in [0.3, 0.4) is 0 Å². The van der Waals surface area contributed by atoms with Crippen molar-refractivity contribution in [3.8, 4) is 5.75 Å². The summed E-state index contributed by atoms with van der Waals surface area (Å²) in [5.41, 5.74) is -0.311. The molecular formula is C12H15F2NO4. The molecule has 0 aliphatic carbocycles.